The van der Waals surface area contributed by atoms with Crippen molar-refractivity contribution in [2.24, 2.45) is 0 Å². The lowest BCUT2D eigenvalue weighted by atomic mass is 10.2. The van der Waals surface area contributed by atoms with E-state index in [-0.39, 0.29) is 23.6 Å². The summed E-state index contributed by atoms with van der Waals surface area (Å²) in [5.74, 6) is 0.214. The van der Waals surface area contributed by atoms with Gasteiger partial charge in [0.25, 0.3) is 0 Å². The summed E-state index contributed by atoms with van der Waals surface area (Å²) in [7, 11) is -1.35. The molecule has 1 aromatic carbocycles. The van der Waals surface area contributed by atoms with Gasteiger partial charge in [-0.2, -0.15) is 0 Å². The van der Waals surface area contributed by atoms with Crippen LogP contribution in [-0.2, 0) is 9.84 Å². The van der Waals surface area contributed by atoms with Crippen LogP contribution in [0, 0.1) is 0 Å². The smallest absolute Gasteiger partial charge is 0.321 e. The maximum absolute atomic E-state index is 12.3. The van der Waals surface area contributed by atoms with Crippen molar-refractivity contribution in [2.45, 2.75) is 26.3 Å². The number of urea groups is 1. The average Bonchev–Trinajstić information content (AvgIpc) is 2.89. The Morgan fingerprint density at radius 1 is 1.22 bits per heavy atom. The molecule has 1 fully saturated rings. The molecule has 23 heavy (non-hydrogen) atoms. The lowest BCUT2D eigenvalue weighted by Gasteiger charge is -2.24. The second-order valence-corrected chi connectivity index (χ2v) is 8.05. The number of sulfone groups is 1. The van der Waals surface area contributed by atoms with E-state index in [1.54, 1.807) is 7.05 Å². The molecule has 128 valence electrons. The number of rotatable bonds is 5. The first kappa shape index (κ1) is 17.6. The molecule has 1 atom stereocenters. The molecule has 1 aliphatic heterocycles. The van der Waals surface area contributed by atoms with Gasteiger partial charge in [0.15, 0.2) is 9.84 Å². The standard InChI is InChI=1S/C16H25N3O3S/c1-4-19(5-2)14-8-6-13(7-9-14)17-16(20)18(3)15-10-11-23(21,22)12-15/h6-9,15H,4-5,10-12H2,1-3H3,(H,17,20). The van der Waals surface area contributed by atoms with Crippen LogP contribution in [0.4, 0.5) is 16.2 Å². The minimum absolute atomic E-state index is 0.0534. The van der Waals surface area contributed by atoms with Gasteiger partial charge in [0.05, 0.1) is 11.5 Å². The third kappa shape index (κ3) is 4.37. The Hall–Kier alpha value is -1.76. The molecule has 7 heteroatoms. The summed E-state index contributed by atoms with van der Waals surface area (Å²) in [6, 6.07) is 7.17. The van der Waals surface area contributed by atoms with Crippen LogP contribution in [0.25, 0.3) is 0 Å². The van der Waals surface area contributed by atoms with Crippen LogP contribution in [0.2, 0.25) is 0 Å². The molecule has 1 unspecified atom stereocenters. The molecule has 1 aromatic rings. The van der Waals surface area contributed by atoms with Gasteiger partial charge in [-0.1, -0.05) is 0 Å². The lowest BCUT2D eigenvalue weighted by Crippen LogP contribution is -2.40. The van der Waals surface area contributed by atoms with Crippen molar-refractivity contribution in [3.8, 4) is 0 Å². The zero-order valence-corrected chi connectivity index (χ0v) is 14.8. The number of anilines is 2. The first-order valence-corrected chi connectivity index (χ1v) is 9.77. The van der Waals surface area contributed by atoms with Gasteiger partial charge in [-0.15, -0.1) is 0 Å². The summed E-state index contributed by atoms with van der Waals surface area (Å²) >= 11 is 0. The van der Waals surface area contributed by atoms with Crippen LogP contribution in [-0.4, -0.2) is 57.0 Å². The molecular formula is C16H25N3O3S. The number of hydrogen-bond donors (Lipinski definition) is 1. The second kappa shape index (κ2) is 7.21. The van der Waals surface area contributed by atoms with Crippen molar-refractivity contribution >= 4 is 27.2 Å². The van der Waals surface area contributed by atoms with E-state index in [1.807, 2.05) is 24.3 Å². The zero-order valence-electron chi connectivity index (χ0n) is 13.9. The van der Waals surface area contributed by atoms with Crippen molar-refractivity contribution in [1.82, 2.24) is 4.90 Å². The number of carbonyl (C=O) groups is 1. The molecule has 6 nitrogen and oxygen atoms in total. The molecule has 1 heterocycles. The number of amides is 2. The lowest BCUT2D eigenvalue weighted by molar-refractivity contribution is 0.209. The monoisotopic (exact) mass is 339 g/mol. The summed E-state index contributed by atoms with van der Waals surface area (Å²) < 4.78 is 23.0. The highest BCUT2D eigenvalue weighted by Gasteiger charge is 2.32. The highest BCUT2D eigenvalue weighted by Crippen LogP contribution is 2.20. The number of hydrogen-bond acceptors (Lipinski definition) is 4. The molecule has 1 saturated heterocycles. The van der Waals surface area contributed by atoms with Crippen LogP contribution < -0.4 is 10.2 Å². The summed E-state index contributed by atoms with van der Waals surface area (Å²) in [5.41, 5.74) is 1.82. The van der Waals surface area contributed by atoms with Crippen LogP contribution >= 0.6 is 0 Å². The molecule has 0 aliphatic carbocycles. The molecule has 0 saturated carbocycles. The van der Waals surface area contributed by atoms with Crippen LogP contribution in [0.15, 0.2) is 24.3 Å². The van der Waals surface area contributed by atoms with Gasteiger partial charge in [-0.25, -0.2) is 13.2 Å². The van der Waals surface area contributed by atoms with Crippen molar-refractivity contribution in [1.29, 1.82) is 0 Å². The minimum atomic E-state index is -3.00. The summed E-state index contributed by atoms with van der Waals surface area (Å²) in [4.78, 5) is 16.0. The Morgan fingerprint density at radius 2 is 1.83 bits per heavy atom. The average molecular weight is 339 g/mol. The van der Waals surface area contributed by atoms with Gasteiger partial charge in [-0.3, -0.25) is 0 Å². The number of benzene rings is 1. The third-order valence-electron chi connectivity index (χ3n) is 4.32. The van der Waals surface area contributed by atoms with Gasteiger partial charge < -0.3 is 15.1 Å². The molecule has 0 spiro atoms. The van der Waals surface area contributed by atoms with E-state index in [2.05, 4.69) is 24.1 Å². The second-order valence-electron chi connectivity index (χ2n) is 5.82. The highest BCUT2D eigenvalue weighted by atomic mass is 32.2. The zero-order chi connectivity index (χ0) is 17.0. The predicted molar refractivity (Wildman–Crippen MR) is 93.8 cm³/mol. The Balaban J connectivity index is 1.97. The van der Waals surface area contributed by atoms with E-state index in [9.17, 15) is 13.2 Å². The highest BCUT2D eigenvalue weighted by molar-refractivity contribution is 7.91. The Kier molecular flexibility index (Phi) is 5.51. The summed E-state index contributed by atoms with van der Waals surface area (Å²) in [5, 5.41) is 2.82. The molecule has 1 N–H and O–H groups in total. The van der Waals surface area contributed by atoms with Crippen molar-refractivity contribution in [2.75, 3.05) is 41.9 Å². The fourth-order valence-corrected chi connectivity index (χ4v) is 4.58. The largest absolute Gasteiger partial charge is 0.372 e. The number of nitrogens with one attached hydrogen (secondary N) is 1. The Bertz CT molecular complexity index is 639. The van der Waals surface area contributed by atoms with Gasteiger partial charge in [-0.05, 0) is 44.5 Å². The minimum Gasteiger partial charge on any atom is -0.372 e. The van der Waals surface area contributed by atoms with Crippen LogP contribution in [0.1, 0.15) is 20.3 Å². The van der Waals surface area contributed by atoms with Crippen molar-refractivity contribution in [3.63, 3.8) is 0 Å². The molecule has 0 aromatic heterocycles. The first-order valence-electron chi connectivity index (χ1n) is 7.95. The van der Waals surface area contributed by atoms with E-state index < -0.39 is 9.84 Å². The van der Waals surface area contributed by atoms with E-state index in [0.717, 1.165) is 18.8 Å². The predicted octanol–water partition coefficient (Wildman–Crippen LogP) is 2.18. The van der Waals surface area contributed by atoms with Gasteiger partial charge in [0.2, 0.25) is 0 Å². The Morgan fingerprint density at radius 3 is 2.30 bits per heavy atom. The van der Waals surface area contributed by atoms with E-state index in [0.29, 0.717) is 12.1 Å². The van der Waals surface area contributed by atoms with Crippen molar-refractivity contribution < 1.29 is 13.2 Å². The normalized spacial score (nSPS) is 19.3. The van der Waals surface area contributed by atoms with Crippen LogP contribution in [0.3, 0.4) is 0 Å². The quantitative estimate of drug-likeness (QED) is 0.893. The van der Waals surface area contributed by atoms with Gasteiger partial charge >= 0.3 is 6.03 Å². The molecule has 2 rings (SSSR count). The Labute approximate surface area is 138 Å². The van der Waals surface area contributed by atoms with E-state index >= 15 is 0 Å². The maximum Gasteiger partial charge on any atom is 0.321 e. The SMILES string of the molecule is CCN(CC)c1ccc(NC(=O)N(C)C2CCS(=O)(=O)C2)cc1. The van der Waals surface area contributed by atoms with Gasteiger partial charge in [0.1, 0.15) is 0 Å². The number of nitrogens with zero attached hydrogens (tertiary/aromatic N) is 2. The topological polar surface area (TPSA) is 69.7 Å². The summed E-state index contributed by atoms with van der Waals surface area (Å²) in [6.07, 6.45) is 0.507. The first-order chi connectivity index (χ1) is 10.9. The maximum atomic E-state index is 12.3. The van der Waals surface area contributed by atoms with E-state index in [1.165, 1.54) is 4.90 Å². The fourth-order valence-electron chi connectivity index (χ4n) is 2.80. The molecule has 0 bridgehead atoms. The van der Waals surface area contributed by atoms with Crippen LogP contribution in [0.5, 0.6) is 0 Å². The summed E-state index contributed by atoms with van der Waals surface area (Å²) in [6.45, 7) is 6.07. The molecule has 1 aliphatic rings. The third-order valence-corrected chi connectivity index (χ3v) is 6.07. The van der Waals surface area contributed by atoms with Crippen molar-refractivity contribution in [3.05, 3.63) is 24.3 Å². The van der Waals surface area contributed by atoms with Gasteiger partial charge in [0, 0.05) is 37.6 Å². The molecule has 2 amide bonds. The fraction of sp³-hybridized carbons (Fsp3) is 0.562. The van der Waals surface area contributed by atoms with E-state index in [4.69, 9.17) is 0 Å². The molecule has 0 radical (unpaired) electrons. The number of carbonyl (C=O) groups excluding carboxylic acids is 1. The molecular weight excluding hydrogens is 314 g/mol.